The summed E-state index contributed by atoms with van der Waals surface area (Å²) in [6, 6.07) is 12.3. The van der Waals surface area contributed by atoms with E-state index in [1.165, 1.54) is 6.07 Å². The van der Waals surface area contributed by atoms with E-state index in [-0.39, 0.29) is 12.3 Å². The Hall–Kier alpha value is -1.92. The standard InChI is InChI=1S/C14H13BrN2O3/c15-12-4-3-11(14(7-12)17(19)20)8-16-13-5-1-10(9-18)2-6-13/h1-7,16,18H,8-9H2. The summed E-state index contributed by atoms with van der Waals surface area (Å²) in [5, 5.41) is 23.1. The second kappa shape index (κ2) is 6.49. The van der Waals surface area contributed by atoms with Gasteiger partial charge < -0.3 is 10.4 Å². The summed E-state index contributed by atoms with van der Waals surface area (Å²) < 4.78 is 0.681. The first-order valence-electron chi connectivity index (χ1n) is 5.96. The van der Waals surface area contributed by atoms with Gasteiger partial charge in [0, 0.05) is 28.3 Å². The van der Waals surface area contributed by atoms with E-state index in [1.54, 1.807) is 24.3 Å². The molecule has 2 aromatic carbocycles. The Labute approximate surface area is 124 Å². The Morgan fingerprint density at radius 3 is 2.50 bits per heavy atom. The van der Waals surface area contributed by atoms with E-state index in [4.69, 9.17) is 5.11 Å². The van der Waals surface area contributed by atoms with Crippen molar-refractivity contribution in [1.29, 1.82) is 0 Å². The maximum atomic E-state index is 11.0. The molecule has 0 saturated heterocycles. The number of hydrogen-bond donors (Lipinski definition) is 2. The second-order valence-electron chi connectivity index (χ2n) is 4.24. The molecular weight excluding hydrogens is 324 g/mol. The van der Waals surface area contributed by atoms with Crippen LogP contribution in [-0.4, -0.2) is 10.0 Å². The van der Waals surface area contributed by atoms with Gasteiger partial charge >= 0.3 is 0 Å². The Morgan fingerprint density at radius 1 is 1.20 bits per heavy atom. The summed E-state index contributed by atoms with van der Waals surface area (Å²) in [5.74, 6) is 0. The summed E-state index contributed by atoms with van der Waals surface area (Å²) in [6.07, 6.45) is 0. The van der Waals surface area contributed by atoms with Crippen molar-refractivity contribution in [2.24, 2.45) is 0 Å². The van der Waals surface area contributed by atoms with Crippen LogP contribution in [0.25, 0.3) is 0 Å². The molecule has 0 spiro atoms. The SMILES string of the molecule is O=[N+]([O-])c1cc(Br)ccc1CNc1ccc(CO)cc1. The molecule has 5 nitrogen and oxygen atoms in total. The minimum atomic E-state index is -0.392. The quantitative estimate of drug-likeness (QED) is 0.647. The van der Waals surface area contributed by atoms with E-state index in [0.29, 0.717) is 16.6 Å². The van der Waals surface area contributed by atoms with Crippen molar-refractivity contribution >= 4 is 27.3 Å². The fourth-order valence-electron chi connectivity index (χ4n) is 1.78. The molecule has 6 heteroatoms. The molecule has 2 rings (SSSR count). The van der Waals surface area contributed by atoms with E-state index in [1.807, 2.05) is 12.1 Å². The topological polar surface area (TPSA) is 75.4 Å². The van der Waals surface area contributed by atoms with Gasteiger partial charge in [0.05, 0.1) is 11.5 Å². The van der Waals surface area contributed by atoms with Gasteiger partial charge in [0.1, 0.15) is 0 Å². The van der Waals surface area contributed by atoms with Gasteiger partial charge in [-0.3, -0.25) is 10.1 Å². The van der Waals surface area contributed by atoms with E-state index in [0.717, 1.165) is 11.3 Å². The van der Waals surface area contributed by atoms with Gasteiger partial charge in [-0.25, -0.2) is 0 Å². The monoisotopic (exact) mass is 336 g/mol. The van der Waals surface area contributed by atoms with Crippen LogP contribution in [0.4, 0.5) is 11.4 Å². The zero-order valence-corrected chi connectivity index (χ0v) is 12.1. The molecule has 0 unspecified atom stereocenters. The van der Waals surface area contributed by atoms with Crippen LogP contribution in [0.3, 0.4) is 0 Å². The number of aliphatic hydroxyl groups excluding tert-OH is 1. The first-order chi connectivity index (χ1) is 9.60. The summed E-state index contributed by atoms with van der Waals surface area (Å²) in [5.41, 5.74) is 2.37. The minimum Gasteiger partial charge on any atom is -0.392 e. The Kier molecular flexibility index (Phi) is 4.70. The van der Waals surface area contributed by atoms with E-state index < -0.39 is 4.92 Å². The third-order valence-corrected chi connectivity index (χ3v) is 3.36. The van der Waals surface area contributed by atoms with Gasteiger partial charge in [-0.05, 0) is 29.8 Å². The Balaban J connectivity index is 2.12. The average molecular weight is 337 g/mol. The number of rotatable bonds is 5. The maximum Gasteiger partial charge on any atom is 0.275 e. The largest absolute Gasteiger partial charge is 0.392 e. The number of nitro benzene ring substituents is 1. The van der Waals surface area contributed by atoms with Crippen LogP contribution < -0.4 is 5.32 Å². The highest BCUT2D eigenvalue weighted by Gasteiger charge is 2.13. The lowest BCUT2D eigenvalue weighted by atomic mass is 10.1. The Morgan fingerprint density at radius 2 is 1.90 bits per heavy atom. The predicted octanol–water partition coefficient (Wildman–Crippen LogP) is 3.46. The molecule has 0 fully saturated rings. The van der Waals surface area contributed by atoms with Gasteiger partial charge in [-0.15, -0.1) is 0 Å². The number of nitrogens with one attached hydrogen (secondary N) is 1. The smallest absolute Gasteiger partial charge is 0.275 e. The van der Waals surface area contributed by atoms with Gasteiger partial charge in [0.2, 0.25) is 0 Å². The lowest BCUT2D eigenvalue weighted by Crippen LogP contribution is -2.03. The Bertz CT molecular complexity index is 614. The lowest BCUT2D eigenvalue weighted by molar-refractivity contribution is -0.385. The van der Waals surface area contributed by atoms with Crippen LogP contribution in [0, 0.1) is 10.1 Å². The van der Waals surface area contributed by atoms with Crippen LogP contribution in [0.5, 0.6) is 0 Å². The van der Waals surface area contributed by atoms with Crippen molar-refractivity contribution in [3.05, 3.63) is 68.2 Å². The normalized spacial score (nSPS) is 10.3. The van der Waals surface area contributed by atoms with Crippen LogP contribution in [0.2, 0.25) is 0 Å². The molecule has 0 atom stereocenters. The number of anilines is 1. The van der Waals surface area contributed by atoms with E-state index >= 15 is 0 Å². The number of hydrogen-bond acceptors (Lipinski definition) is 4. The zero-order valence-electron chi connectivity index (χ0n) is 10.5. The van der Waals surface area contributed by atoms with Crippen molar-refractivity contribution in [1.82, 2.24) is 0 Å². The molecule has 0 aliphatic rings. The predicted molar refractivity (Wildman–Crippen MR) is 80.5 cm³/mol. The van der Waals surface area contributed by atoms with Crippen LogP contribution >= 0.6 is 15.9 Å². The average Bonchev–Trinajstić information content (AvgIpc) is 2.46. The number of benzene rings is 2. The fourth-order valence-corrected chi connectivity index (χ4v) is 2.13. The second-order valence-corrected chi connectivity index (χ2v) is 5.15. The van der Waals surface area contributed by atoms with Crippen molar-refractivity contribution < 1.29 is 10.0 Å². The molecule has 20 heavy (non-hydrogen) atoms. The third kappa shape index (κ3) is 3.55. The van der Waals surface area contributed by atoms with Crippen molar-refractivity contribution in [3.8, 4) is 0 Å². The van der Waals surface area contributed by atoms with Crippen molar-refractivity contribution in [2.45, 2.75) is 13.2 Å². The number of halogens is 1. The maximum absolute atomic E-state index is 11.0. The summed E-state index contributed by atoms with van der Waals surface area (Å²) >= 11 is 3.23. The van der Waals surface area contributed by atoms with Crippen LogP contribution in [0.15, 0.2) is 46.9 Å². The van der Waals surface area contributed by atoms with Crippen molar-refractivity contribution in [2.75, 3.05) is 5.32 Å². The minimum absolute atomic E-state index is 0.00152. The lowest BCUT2D eigenvalue weighted by Gasteiger charge is -2.08. The zero-order chi connectivity index (χ0) is 14.5. The number of nitrogens with zero attached hydrogens (tertiary/aromatic N) is 1. The molecule has 0 radical (unpaired) electrons. The summed E-state index contributed by atoms with van der Waals surface area (Å²) in [4.78, 5) is 10.6. The molecule has 0 saturated carbocycles. The highest BCUT2D eigenvalue weighted by molar-refractivity contribution is 9.10. The molecule has 0 bridgehead atoms. The van der Waals surface area contributed by atoms with Crippen molar-refractivity contribution in [3.63, 3.8) is 0 Å². The molecule has 0 amide bonds. The molecule has 0 aliphatic heterocycles. The summed E-state index contributed by atoms with van der Waals surface area (Å²) in [7, 11) is 0. The first-order valence-corrected chi connectivity index (χ1v) is 6.76. The van der Waals surface area contributed by atoms with Crippen LogP contribution in [0.1, 0.15) is 11.1 Å². The molecule has 0 aromatic heterocycles. The van der Waals surface area contributed by atoms with E-state index in [9.17, 15) is 10.1 Å². The van der Waals surface area contributed by atoms with Crippen LogP contribution in [-0.2, 0) is 13.2 Å². The van der Waals surface area contributed by atoms with Gasteiger partial charge in [0.25, 0.3) is 5.69 Å². The fraction of sp³-hybridized carbons (Fsp3) is 0.143. The molecule has 2 N–H and O–H groups in total. The van der Waals surface area contributed by atoms with Gasteiger partial charge in [0.15, 0.2) is 0 Å². The highest BCUT2D eigenvalue weighted by atomic mass is 79.9. The molecule has 0 aliphatic carbocycles. The molecular formula is C14H13BrN2O3. The number of aliphatic hydroxyl groups is 1. The van der Waals surface area contributed by atoms with Gasteiger partial charge in [-0.2, -0.15) is 0 Å². The highest BCUT2D eigenvalue weighted by Crippen LogP contribution is 2.24. The number of nitro groups is 1. The van der Waals surface area contributed by atoms with Gasteiger partial charge in [-0.1, -0.05) is 28.1 Å². The molecule has 104 valence electrons. The third-order valence-electron chi connectivity index (χ3n) is 2.86. The summed E-state index contributed by atoms with van der Waals surface area (Å²) in [6.45, 7) is 0.362. The molecule has 2 aromatic rings. The molecule has 0 heterocycles. The van der Waals surface area contributed by atoms with E-state index in [2.05, 4.69) is 21.2 Å². The first kappa shape index (κ1) is 14.5.